The molecule has 1 atom stereocenters. The van der Waals surface area contributed by atoms with Crippen LogP contribution in [0.2, 0.25) is 0 Å². The summed E-state index contributed by atoms with van der Waals surface area (Å²) in [4.78, 5) is 9.93. The first-order chi connectivity index (χ1) is 7.93. The summed E-state index contributed by atoms with van der Waals surface area (Å²) in [7, 11) is 0. The number of thiazole rings is 2. The Bertz CT molecular complexity index is 446. The van der Waals surface area contributed by atoms with Crippen LogP contribution in [0.25, 0.3) is 10.6 Å². The van der Waals surface area contributed by atoms with Crippen molar-refractivity contribution in [1.29, 1.82) is 0 Å². The fourth-order valence-corrected chi connectivity index (χ4v) is 4.22. The van der Waals surface area contributed by atoms with Gasteiger partial charge in [0, 0.05) is 29.6 Å². The molecule has 2 aromatic rings. The molecule has 16 heavy (non-hydrogen) atoms. The van der Waals surface area contributed by atoms with E-state index >= 15 is 0 Å². The van der Waals surface area contributed by atoms with Gasteiger partial charge < -0.3 is 5.32 Å². The molecule has 1 saturated heterocycles. The molecule has 1 unspecified atom stereocenters. The molecular formula is C10H11N3S3. The minimum absolute atomic E-state index is 0.436. The van der Waals surface area contributed by atoms with Crippen LogP contribution in [0.15, 0.2) is 17.1 Å². The van der Waals surface area contributed by atoms with E-state index in [9.17, 15) is 0 Å². The van der Waals surface area contributed by atoms with Crippen LogP contribution in [0, 0.1) is 0 Å². The highest BCUT2D eigenvalue weighted by molar-refractivity contribution is 7.99. The topological polar surface area (TPSA) is 37.8 Å². The maximum Gasteiger partial charge on any atom is 0.111 e. The first kappa shape index (κ1) is 10.7. The molecule has 0 amide bonds. The number of rotatable bonds is 2. The second-order valence-corrected chi connectivity index (χ2v) is 6.44. The van der Waals surface area contributed by atoms with Gasteiger partial charge in [0.25, 0.3) is 0 Å². The van der Waals surface area contributed by atoms with Gasteiger partial charge in [-0.05, 0) is 0 Å². The van der Waals surface area contributed by atoms with Gasteiger partial charge in [0.1, 0.15) is 5.01 Å². The van der Waals surface area contributed by atoms with Gasteiger partial charge in [0.15, 0.2) is 0 Å². The third-order valence-corrected chi connectivity index (χ3v) is 5.24. The molecule has 2 aromatic heterocycles. The maximum atomic E-state index is 4.69. The zero-order valence-corrected chi connectivity index (χ0v) is 11.0. The lowest BCUT2D eigenvalue weighted by atomic mass is 10.3. The average molecular weight is 269 g/mol. The monoisotopic (exact) mass is 269 g/mol. The molecule has 0 saturated carbocycles. The maximum absolute atomic E-state index is 4.69. The molecule has 1 aliphatic rings. The molecule has 0 aromatic carbocycles. The lowest BCUT2D eigenvalue weighted by molar-refractivity contribution is 0.592. The summed E-state index contributed by atoms with van der Waals surface area (Å²) < 4.78 is 0. The van der Waals surface area contributed by atoms with Crippen molar-refractivity contribution in [3.05, 3.63) is 22.1 Å². The molecule has 3 rings (SSSR count). The lowest BCUT2D eigenvalue weighted by Crippen LogP contribution is -2.30. The Morgan fingerprint density at radius 3 is 3.12 bits per heavy atom. The van der Waals surface area contributed by atoms with Gasteiger partial charge in [-0.3, -0.25) is 4.98 Å². The molecule has 0 radical (unpaired) electrons. The van der Waals surface area contributed by atoms with E-state index in [1.165, 1.54) is 10.8 Å². The van der Waals surface area contributed by atoms with Crippen molar-refractivity contribution in [2.24, 2.45) is 0 Å². The predicted octanol–water partition coefficient (Wildman–Crippen LogP) is 2.64. The average Bonchev–Trinajstić information content (AvgIpc) is 3.01. The van der Waals surface area contributed by atoms with Crippen molar-refractivity contribution in [1.82, 2.24) is 15.3 Å². The summed E-state index contributed by atoms with van der Waals surface area (Å²) in [6.45, 7) is 1.09. The summed E-state index contributed by atoms with van der Waals surface area (Å²) in [5.74, 6) is 2.35. The van der Waals surface area contributed by atoms with Crippen LogP contribution in [0.5, 0.6) is 0 Å². The van der Waals surface area contributed by atoms with E-state index in [0.717, 1.165) is 22.9 Å². The summed E-state index contributed by atoms with van der Waals surface area (Å²) in [5, 5.41) is 6.84. The lowest BCUT2D eigenvalue weighted by Gasteiger charge is -2.20. The molecular weight excluding hydrogens is 258 g/mol. The second kappa shape index (κ2) is 4.83. The van der Waals surface area contributed by atoms with Gasteiger partial charge >= 0.3 is 0 Å². The normalized spacial score (nSPS) is 21.1. The van der Waals surface area contributed by atoms with Crippen LogP contribution >= 0.6 is 34.4 Å². The second-order valence-electron chi connectivity index (χ2n) is 3.52. The highest BCUT2D eigenvalue weighted by Crippen LogP contribution is 2.30. The molecule has 1 N–H and O–H groups in total. The van der Waals surface area contributed by atoms with Crippen LogP contribution in [-0.4, -0.2) is 28.0 Å². The fraction of sp³-hybridized carbons (Fsp3) is 0.400. The summed E-state index contributed by atoms with van der Waals surface area (Å²) >= 11 is 5.39. The Kier molecular flexibility index (Phi) is 3.23. The molecule has 3 nitrogen and oxygen atoms in total. The zero-order valence-electron chi connectivity index (χ0n) is 8.55. The first-order valence-electron chi connectivity index (χ1n) is 5.09. The fourth-order valence-electron chi connectivity index (χ4n) is 1.63. The molecule has 0 spiro atoms. The van der Waals surface area contributed by atoms with E-state index in [0.29, 0.717) is 6.04 Å². The molecule has 1 aliphatic heterocycles. The zero-order chi connectivity index (χ0) is 10.8. The number of nitrogens with one attached hydrogen (secondary N) is 1. The highest BCUT2D eigenvalue weighted by Gasteiger charge is 2.18. The molecule has 3 heterocycles. The Balaban J connectivity index is 1.82. The number of thioether (sulfide) groups is 1. The summed E-state index contributed by atoms with van der Waals surface area (Å²) in [6.07, 6.45) is 1.88. The molecule has 1 fully saturated rings. The van der Waals surface area contributed by atoms with Gasteiger partial charge in [-0.1, -0.05) is 0 Å². The third kappa shape index (κ3) is 2.15. The van der Waals surface area contributed by atoms with E-state index in [2.05, 4.69) is 20.7 Å². The smallest absolute Gasteiger partial charge is 0.111 e. The number of hydrogen-bond donors (Lipinski definition) is 1. The third-order valence-electron chi connectivity index (χ3n) is 2.43. The van der Waals surface area contributed by atoms with Crippen LogP contribution in [0.3, 0.4) is 0 Å². The van der Waals surface area contributed by atoms with E-state index in [-0.39, 0.29) is 0 Å². The SMILES string of the molecule is c1ncc(-c2csc(C3CSCCN3)n2)s1. The molecule has 0 bridgehead atoms. The van der Waals surface area contributed by atoms with Gasteiger partial charge in [-0.15, -0.1) is 22.7 Å². The van der Waals surface area contributed by atoms with Gasteiger partial charge in [-0.2, -0.15) is 11.8 Å². The van der Waals surface area contributed by atoms with Gasteiger partial charge in [0.2, 0.25) is 0 Å². The van der Waals surface area contributed by atoms with Crippen molar-refractivity contribution < 1.29 is 0 Å². The standard InChI is InChI=1S/C10H11N3S3/c1-2-14-4-8(12-1)10-13-7(5-15-10)9-3-11-6-16-9/h3,5-6,8,12H,1-2,4H2. The highest BCUT2D eigenvalue weighted by atomic mass is 32.2. The largest absolute Gasteiger partial charge is 0.306 e. The van der Waals surface area contributed by atoms with Crippen molar-refractivity contribution in [2.75, 3.05) is 18.1 Å². The van der Waals surface area contributed by atoms with Crippen LogP contribution in [0.1, 0.15) is 11.0 Å². The Morgan fingerprint density at radius 1 is 1.38 bits per heavy atom. The van der Waals surface area contributed by atoms with E-state index in [1.807, 2.05) is 23.5 Å². The minimum Gasteiger partial charge on any atom is -0.306 e. The summed E-state index contributed by atoms with van der Waals surface area (Å²) in [5.41, 5.74) is 2.92. The Hall–Kier alpha value is -0.430. The minimum atomic E-state index is 0.436. The number of aromatic nitrogens is 2. The Morgan fingerprint density at radius 2 is 2.38 bits per heavy atom. The van der Waals surface area contributed by atoms with E-state index < -0.39 is 0 Å². The van der Waals surface area contributed by atoms with E-state index in [4.69, 9.17) is 0 Å². The van der Waals surface area contributed by atoms with Crippen LogP contribution in [0.4, 0.5) is 0 Å². The van der Waals surface area contributed by atoms with Crippen molar-refractivity contribution in [3.8, 4) is 10.6 Å². The summed E-state index contributed by atoms with van der Waals surface area (Å²) in [6, 6.07) is 0.436. The van der Waals surface area contributed by atoms with Crippen molar-refractivity contribution in [3.63, 3.8) is 0 Å². The molecule has 0 aliphatic carbocycles. The first-order valence-corrected chi connectivity index (χ1v) is 8.00. The van der Waals surface area contributed by atoms with Crippen LogP contribution < -0.4 is 5.32 Å². The van der Waals surface area contributed by atoms with Crippen molar-refractivity contribution >= 4 is 34.4 Å². The quantitative estimate of drug-likeness (QED) is 0.909. The van der Waals surface area contributed by atoms with Gasteiger partial charge in [-0.25, -0.2) is 4.98 Å². The molecule has 6 heteroatoms. The number of hydrogen-bond acceptors (Lipinski definition) is 6. The number of nitrogens with zero attached hydrogens (tertiary/aromatic N) is 2. The van der Waals surface area contributed by atoms with E-state index in [1.54, 1.807) is 22.7 Å². The molecule has 84 valence electrons. The van der Waals surface area contributed by atoms with Crippen LogP contribution in [-0.2, 0) is 0 Å². The van der Waals surface area contributed by atoms with Gasteiger partial charge in [0.05, 0.1) is 22.1 Å². The Labute approximate surface area is 106 Å². The van der Waals surface area contributed by atoms with Crippen molar-refractivity contribution in [2.45, 2.75) is 6.04 Å². The predicted molar refractivity (Wildman–Crippen MR) is 71.3 cm³/mol.